The lowest BCUT2D eigenvalue weighted by molar-refractivity contribution is 0.0705. The molecule has 1 aliphatic heterocycles. The fourth-order valence-electron chi connectivity index (χ4n) is 2.90. The van der Waals surface area contributed by atoms with Gasteiger partial charge in [0.1, 0.15) is 5.82 Å². The van der Waals surface area contributed by atoms with E-state index in [1.807, 2.05) is 0 Å². The number of nitrogens with one attached hydrogen (secondary N) is 2. The summed E-state index contributed by atoms with van der Waals surface area (Å²) in [7, 11) is 0. The van der Waals surface area contributed by atoms with E-state index in [9.17, 15) is 4.79 Å². The molecule has 3 rings (SSSR count). The Morgan fingerprint density at radius 1 is 1.29 bits per heavy atom. The highest BCUT2D eigenvalue weighted by molar-refractivity contribution is 5.92. The average molecular weight is 327 g/mol. The lowest BCUT2D eigenvalue weighted by atomic mass is 9.97. The molecule has 1 saturated heterocycles. The van der Waals surface area contributed by atoms with Crippen molar-refractivity contribution >= 4 is 11.6 Å². The van der Waals surface area contributed by atoms with Crippen LogP contribution < -0.4 is 15.7 Å². The van der Waals surface area contributed by atoms with Gasteiger partial charge in [-0.1, -0.05) is 17.7 Å². The Bertz CT molecular complexity index is 717. The lowest BCUT2D eigenvalue weighted by Gasteiger charge is -2.41. The molecule has 1 aliphatic rings. The first-order chi connectivity index (χ1) is 11.5. The van der Waals surface area contributed by atoms with Gasteiger partial charge in [0.05, 0.1) is 11.1 Å². The molecule has 1 fully saturated rings. The van der Waals surface area contributed by atoms with Gasteiger partial charge < -0.3 is 10.2 Å². The maximum atomic E-state index is 11.4. The number of piperazine rings is 1. The number of hydrogen-bond acceptors (Lipinski definition) is 6. The van der Waals surface area contributed by atoms with Gasteiger partial charge in [-0.2, -0.15) is 0 Å². The molecule has 2 heterocycles. The summed E-state index contributed by atoms with van der Waals surface area (Å²) in [6, 6.07) is 8.45. The van der Waals surface area contributed by atoms with Gasteiger partial charge in [-0.25, -0.2) is 15.4 Å². The largest absolute Gasteiger partial charge is 0.368 e. The van der Waals surface area contributed by atoms with E-state index >= 15 is 0 Å². The van der Waals surface area contributed by atoms with Crippen LogP contribution in [0.4, 0.5) is 5.69 Å². The molecular formula is C17H21N5O2. The number of nitrogens with zero attached hydrogens (tertiary/aromatic N) is 3. The summed E-state index contributed by atoms with van der Waals surface area (Å²) in [6.07, 6.45) is 2.84. The number of carbonyl (C=O) groups excluding carboxylic acids is 1. The Balaban J connectivity index is 1.81. The summed E-state index contributed by atoms with van der Waals surface area (Å²) in [6.45, 7) is 6.57. The van der Waals surface area contributed by atoms with Crippen LogP contribution in [-0.2, 0) is 5.54 Å². The second-order valence-corrected chi connectivity index (χ2v) is 6.25. The fourth-order valence-corrected chi connectivity index (χ4v) is 2.90. The van der Waals surface area contributed by atoms with Gasteiger partial charge in [-0.05, 0) is 26.0 Å². The third kappa shape index (κ3) is 3.22. The van der Waals surface area contributed by atoms with E-state index in [0.717, 1.165) is 19.6 Å². The molecule has 7 nitrogen and oxygen atoms in total. The van der Waals surface area contributed by atoms with E-state index in [2.05, 4.69) is 58.3 Å². The van der Waals surface area contributed by atoms with Crippen molar-refractivity contribution in [3.63, 3.8) is 0 Å². The van der Waals surface area contributed by atoms with Crippen LogP contribution in [0.25, 0.3) is 0 Å². The van der Waals surface area contributed by atoms with E-state index in [1.54, 1.807) is 5.48 Å². The number of rotatable bonds is 3. The van der Waals surface area contributed by atoms with Gasteiger partial charge in [0.25, 0.3) is 5.91 Å². The first-order valence-corrected chi connectivity index (χ1v) is 7.85. The SMILES string of the molecule is Cc1ccc(N2CCNC(C)(c3ncc(C(=O)NO)cn3)C2)cc1. The van der Waals surface area contributed by atoms with Crippen LogP contribution in [0.5, 0.6) is 0 Å². The molecule has 1 aromatic heterocycles. The van der Waals surface area contributed by atoms with Crippen molar-refractivity contribution in [2.24, 2.45) is 0 Å². The molecule has 0 radical (unpaired) electrons. The first-order valence-electron chi connectivity index (χ1n) is 7.85. The number of benzene rings is 1. The van der Waals surface area contributed by atoms with E-state index in [-0.39, 0.29) is 5.56 Å². The minimum atomic E-state index is -0.621. The van der Waals surface area contributed by atoms with Gasteiger partial charge in [-0.15, -0.1) is 0 Å². The highest BCUT2D eigenvalue weighted by Crippen LogP contribution is 2.25. The van der Waals surface area contributed by atoms with Gasteiger partial charge in [0, 0.05) is 37.7 Å². The van der Waals surface area contributed by atoms with E-state index in [4.69, 9.17) is 5.21 Å². The topological polar surface area (TPSA) is 90.4 Å². The van der Waals surface area contributed by atoms with Crippen LogP contribution in [0.3, 0.4) is 0 Å². The normalized spacial score (nSPS) is 20.7. The third-order valence-electron chi connectivity index (χ3n) is 4.31. The number of anilines is 1. The molecule has 0 bridgehead atoms. The summed E-state index contributed by atoms with van der Waals surface area (Å²) < 4.78 is 0. The van der Waals surface area contributed by atoms with Crippen molar-refractivity contribution in [1.29, 1.82) is 0 Å². The molecule has 126 valence electrons. The highest BCUT2D eigenvalue weighted by Gasteiger charge is 2.35. The number of aryl methyl sites for hydroxylation is 1. The van der Waals surface area contributed by atoms with Gasteiger partial charge in [0.2, 0.25) is 0 Å². The molecule has 0 aliphatic carbocycles. The summed E-state index contributed by atoms with van der Waals surface area (Å²) >= 11 is 0. The highest BCUT2D eigenvalue weighted by atomic mass is 16.5. The zero-order valence-corrected chi connectivity index (χ0v) is 13.8. The van der Waals surface area contributed by atoms with Crippen LogP contribution in [0.15, 0.2) is 36.7 Å². The maximum absolute atomic E-state index is 11.4. The smallest absolute Gasteiger partial charge is 0.277 e. The predicted molar refractivity (Wildman–Crippen MR) is 90.0 cm³/mol. The van der Waals surface area contributed by atoms with Gasteiger partial charge in [0.15, 0.2) is 0 Å². The number of hydroxylamine groups is 1. The summed E-state index contributed by atoms with van der Waals surface area (Å²) in [5.74, 6) is -0.00149. The first kappa shape index (κ1) is 16.4. The molecule has 2 aromatic rings. The van der Waals surface area contributed by atoms with E-state index in [0.29, 0.717) is 5.82 Å². The molecule has 1 atom stereocenters. The van der Waals surface area contributed by atoms with Crippen molar-refractivity contribution in [3.05, 3.63) is 53.6 Å². The summed E-state index contributed by atoms with van der Waals surface area (Å²) in [5, 5.41) is 12.1. The number of hydrogen-bond donors (Lipinski definition) is 3. The molecule has 0 saturated carbocycles. The molecular weight excluding hydrogens is 306 g/mol. The summed E-state index contributed by atoms with van der Waals surface area (Å²) in [5.41, 5.74) is 3.78. The maximum Gasteiger partial charge on any atom is 0.277 e. The monoisotopic (exact) mass is 327 g/mol. The third-order valence-corrected chi connectivity index (χ3v) is 4.31. The number of aromatic nitrogens is 2. The van der Waals surface area contributed by atoms with Crippen LogP contribution in [-0.4, -0.2) is 40.7 Å². The Morgan fingerprint density at radius 3 is 2.58 bits per heavy atom. The lowest BCUT2D eigenvalue weighted by Crippen LogP contribution is -2.57. The van der Waals surface area contributed by atoms with Crippen molar-refractivity contribution in [1.82, 2.24) is 20.8 Å². The molecule has 24 heavy (non-hydrogen) atoms. The molecule has 7 heteroatoms. The molecule has 3 N–H and O–H groups in total. The second kappa shape index (κ2) is 6.54. The van der Waals surface area contributed by atoms with Crippen molar-refractivity contribution in [2.75, 3.05) is 24.5 Å². The van der Waals surface area contributed by atoms with Crippen molar-refractivity contribution in [3.8, 4) is 0 Å². The quantitative estimate of drug-likeness (QED) is 0.580. The van der Waals surface area contributed by atoms with Crippen LogP contribution in [0.1, 0.15) is 28.7 Å². The molecule has 1 aromatic carbocycles. The summed E-state index contributed by atoms with van der Waals surface area (Å²) in [4.78, 5) is 22.3. The van der Waals surface area contributed by atoms with Crippen LogP contribution in [0.2, 0.25) is 0 Å². The average Bonchev–Trinajstić information content (AvgIpc) is 2.62. The minimum Gasteiger partial charge on any atom is -0.368 e. The zero-order valence-electron chi connectivity index (χ0n) is 13.8. The van der Waals surface area contributed by atoms with E-state index in [1.165, 1.54) is 23.6 Å². The van der Waals surface area contributed by atoms with Crippen molar-refractivity contribution in [2.45, 2.75) is 19.4 Å². The predicted octanol–water partition coefficient (Wildman–Crippen LogP) is 1.23. The Hall–Kier alpha value is -2.51. The standard InChI is InChI=1S/C17H21N5O2/c1-12-3-5-14(6-4-12)22-8-7-20-17(2,11-22)16-18-9-13(10-19-16)15(23)21-24/h3-6,9-10,20,24H,7-8,11H2,1-2H3,(H,21,23). The number of carbonyl (C=O) groups is 1. The van der Waals surface area contributed by atoms with Crippen molar-refractivity contribution < 1.29 is 10.0 Å². The Morgan fingerprint density at radius 2 is 1.96 bits per heavy atom. The van der Waals surface area contributed by atoms with E-state index < -0.39 is 11.4 Å². The van der Waals surface area contributed by atoms with Gasteiger partial charge >= 0.3 is 0 Å². The molecule has 1 unspecified atom stereocenters. The Labute approximate surface area is 140 Å². The van der Waals surface area contributed by atoms with Crippen LogP contribution in [0, 0.1) is 6.92 Å². The van der Waals surface area contributed by atoms with Crippen LogP contribution >= 0.6 is 0 Å². The minimum absolute atomic E-state index is 0.219. The van der Waals surface area contributed by atoms with Gasteiger partial charge in [-0.3, -0.25) is 10.0 Å². The fraction of sp³-hybridized carbons (Fsp3) is 0.353. The number of amides is 1. The zero-order chi connectivity index (χ0) is 17.2. The Kier molecular flexibility index (Phi) is 4.46. The molecule has 0 spiro atoms. The second-order valence-electron chi connectivity index (χ2n) is 6.25. The molecule has 1 amide bonds.